The number of rotatable bonds is 3. The molecule has 0 atom stereocenters. The van der Waals surface area contributed by atoms with Crippen LogP contribution in [0, 0.1) is 5.92 Å². The highest BCUT2D eigenvalue weighted by atomic mass is 16.5. The van der Waals surface area contributed by atoms with Gasteiger partial charge >= 0.3 is 5.97 Å². The van der Waals surface area contributed by atoms with Gasteiger partial charge in [0.25, 0.3) is 0 Å². The third-order valence-corrected chi connectivity index (χ3v) is 0.733. The minimum Gasteiger partial charge on any atom is -0.463 e. The zero-order chi connectivity index (χ0) is 7.28. The standard InChI is InChI=1S/C6H11O3/c1-5(2)6(8)9-4-3-7/h7H,3-4H2,1-2H3. The largest absolute Gasteiger partial charge is 0.463 e. The molecule has 53 valence electrons. The van der Waals surface area contributed by atoms with Crippen LogP contribution in [0.4, 0.5) is 0 Å². The lowest BCUT2D eigenvalue weighted by Crippen LogP contribution is -2.12. The molecule has 0 saturated carbocycles. The Balaban J connectivity index is 3.28. The van der Waals surface area contributed by atoms with E-state index in [4.69, 9.17) is 5.11 Å². The van der Waals surface area contributed by atoms with E-state index in [0.29, 0.717) is 5.92 Å². The molecule has 3 heteroatoms. The topological polar surface area (TPSA) is 46.5 Å². The summed E-state index contributed by atoms with van der Waals surface area (Å²) in [6.07, 6.45) is 0. The van der Waals surface area contributed by atoms with Crippen LogP contribution in [0.15, 0.2) is 0 Å². The van der Waals surface area contributed by atoms with Gasteiger partial charge in [-0.25, -0.2) is 0 Å². The fourth-order valence-electron chi connectivity index (χ4n) is 0.283. The lowest BCUT2D eigenvalue weighted by molar-refractivity contribution is -0.142. The van der Waals surface area contributed by atoms with Gasteiger partial charge in [-0.15, -0.1) is 0 Å². The first-order valence-electron chi connectivity index (χ1n) is 2.76. The second kappa shape index (κ2) is 4.32. The summed E-state index contributed by atoms with van der Waals surface area (Å²) in [6.45, 7) is 3.31. The number of esters is 1. The molecule has 0 aromatic carbocycles. The minimum atomic E-state index is -0.343. The van der Waals surface area contributed by atoms with E-state index in [0.717, 1.165) is 0 Å². The van der Waals surface area contributed by atoms with Crippen LogP contribution in [0.5, 0.6) is 0 Å². The molecule has 0 bridgehead atoms. The van der Waals surface area contributed by atoms with Gasteiger partial charge in [0.05, 0.1) is 12.5 Å². The molecular weight excluding hydrogens is 120 g/mol. The van der Waals surface area contributed by atoms with Crippen molar-refractivity contribution in [2.45, 2.75) is 13.8 Å². The van der Waals surface area contributed by atoms with Gasteiger partial charge in [0, 0.05) is 0 Å². The van der Waals surface area contributed by atoms with Crippen molar-refractivity contribution in [1.82, 2.24) is 0 Å². The molecule has 9 heavy (non-hydrogen) atoms. The number of carbonyl (C=O) groups is 1. The fraction of sp³-hybridized carbons (Fsp3) is 0.667. The Labute approximate surface area is 54.6 Å². The van der Waals surface area contributed by atoms with E-state index in [1.165, 1.54) is 0 Å². The maximum atomic E-state index is 10.5. The summed E-state index contributed by atoms with van der Waals surface area (Å²) >= 11 is 0. The maximum Gasteiger partial charge on any atom is 0.312 e. The Morgan fingerprint density at radius 3 is 2.44 bits per heavy atom. The van der Waals surface area contributed by atoms with Crippen LogP contribution < -0.4 is 0 Å². The third kappa shape index (κ3) is 3.97. The highest BCUT2D eigenvalue weighted by Crippen LogP contribution is 1.96. The van der Waals surface area contributed by atoms with Crippen LogP contribution in [0.25, 0.3) is 0 Å². The predicted molar refractivity (Wildman–Crippen MR) is 32.6 cm³/mol. The highest BCUT2D eigenvalue weighted by molar-refractivity contribution is 5.83. The van der Waals surface area contributed by atoms with Crippen LogP contribution in [0.2, 0.25) is 0 Å². The Bertz CT molecular complexity index is 88.3. The molecule has 0 rings (SSSR count). The van der Waals surface area contributed by atoms with Crippen LogP contribution in [0.3, 0.4) is 0 Å². The first kappa shape index (κ1) is 8.43. The second-order valence-electron chi connectivity index (χ2n) is 1.86. The van der Waals surface area contributed by atoms with E-state index >= 15 is 0 Å². The lowest BCUT2D eigenvalue weighted by atomic mass is 10.2. The van der Waals surface area contributed by atoms with E-state index in [2.05, 4.69) is 4.74 Å². The number of aliphatic hydroxyl groups excluding tert-OH is 1. The van der Waals surface area contributed by atoms with Crippen LogP contribution >= 0.6 is 0 Å². The van der Waals surface area contributed by atoms with E-state index in [1.54, 1.807) is 13.8 Å². The van der Waals surface area contributed by atoms with Crippen molar-refractivity contribution < 1.29 is 14.6 Å². The average Bonchev–Trinajstić information content (AvgIpc) is 1.82. The molecule has 0 aromatic rings. The minimum absolute atomic E-state index is 0.0873. The Kier molecular flexibility index (Phi) is 4.05. The number of aliphatic hydroxyl groups is 1. The van der Waals surface area contributed by atoms with Crippen molar-refractivity contribution in [3.8, 4) is 0 Å². The molecule has 0 aromatic heterocycles. The maximum absolute atomic E-state index is 10.5. The molecule has 0 aliphatic heterocycles. The van der Waals surface area contributed by atoms with Gasteiger partial charge in [0.2, 0.25) is 0 Å². The molecular formula is C6H11O3. The molecule has 3 nitrogen and oxygen atoms in total. The second-order valence-corrected chi connectivity index (χ2v) is 1.86. The van der Waals surface area contributed by atoms with Crippen molar-refractivity contribution >= 4 is 5.97 Å². The summed E-state index contributed by atoms with van der Waals surface area (Å²) in [7, 11) is 0. The molecule has 0 aliphatic carbocycles. The van der Waals surface area contributed by atoms with E-state index < -0.39 is 0 Å². The molecule has 0 amide bonds. The van der Waals surface area contributed by atoms with Gasteiger partial charge in [-0.1, -0.05) is 0 Å². The summed E-state index contributed by atoms with van der Waals surface area (Å²) in [6, 6.07) is 0. The van der Waals surface area contributed by atoms with E-state index in [-0.39, 0.29) is 19.2 Å². The Hall–Kier alpha value is -0.570. The van der Waals surface area contributed by atoms with Crippen LogP contribution in [-0.4, -0.2) is 24.3 Å². The smallest absolute Gasteiger partial charge is 0.312 e. The molecule has 0 fully saturated rings. The zero-order valence-corrected chi connectivity index (χ0v) is 5.68. The summed E-state index contributed by atoms with van der Waals surface area (Å²) in [5, 5.41) is 8.21. The number of carbonyl (C=O) groups excluding carboxylic acids is 1. The first-order chi connectivity index (χ1) is 4.18. The fourth-order valence-corrected chi connectivity index (χ4v) is 0.283. The van der Waals surface area contributed by atoms with Crippen LogP contribution in [-0.2, 0) is 9.53 Å². The van der Waals surface area contributed by atoms with Gasteiger partial charge in [0.1, 0.15) is 6.61 Å². The summed E-state index contributed by atoms with van der Waals surface area (Å²) in [4.78, 5) is 10.5. The molecule has 0 aliphatic rings. The van der Waals surface area contributed by atoms with Gasteiger partial charge in [0.15, 0.2) is 0 Å². The average molecular weight is 131 g/mol. The number of hydrogen-bond acceptors (Lipinski definition) is 3. The van der Waals surface area contributed by atoms with Gasteiger partial charge in [-0.2, -0.15) is 0 Å². The van der Waals surface area contributed by atoms with Gasteiger partial charge in [-0.05, 0) is 13.8 Å². The Morgan fingerprint density at radius 2 is 2.11 bits per heavy atom. The van der Waals surface area contributed by atoms with Crippen molar-refractivity contribution in [2.24, 2.45) is 0 Å². The summed E-state index contributed by atoms with van der Waals surface area (Å²) in [5.74, 6) is 0.257. The van der Waals surface area contributed by atoms with Gasteiger partial charge < -0.3 is 9.84 Å². The van der Waals surface area contributed by atoms with Crippen molar-refractivity contribution in [3.63, 3.8) is 0 Å². The Morgan fingerprint density at radius 1 is 1.56 bits per heavy atom. The molecule has 1 radical (unpaired) electrons. The number of hydrogen-bond donors (Lipinski definition) is 1. The quantitative estimate of drug-likeness (QED) is 0.554. The number of ether oxygens (including phenoxy) is 1. The molecule has 0 spiro atoms. The first-order valence-corrected chi connectivity index (χ1v) is 2.76. The van der Waals surface area contributed by atoms with E-state index in [1.807, 2.05) is 0 Å². The highest BCUT2D eigenvalue weighted by Gasteiger charge is 2.07. The molecule has 0 unspecified atom stereocenters. The summed E-state index contributed by atoms with van der Waals surface area (Å²) in [5.41, 5.74) is 0. The zero-order valence-electron chi connectivity index (χ0n) is 5.68. The predicted octanol–water partition coefficient (Wildman–Crippen LogP) is 0.136. The SMILES string of the molecule is C[C](C)C(=O)OCCO. The molecule has 0 saturated heterocycles. The monoisotopic (exact) mass is 131 g/mol. The third-order valence-electron chi connectivity index (χ3n) is 0.733. The van der Waals surface area contributed by atoms with Crippen molar-refractivity contribution in [1.29, 1.82) is 0 Å². The lowest BCUT2D eigenvalue weighted by Gasteiger charge is -2.02. The molecule has 0 heterocycles. The molecule has 1 N–H and O–H groups in total. The summed E-state index contributed by atoms with van der Waals surface area (Å²) < 4.78 is 4.53. The van der Waals surface area contributed by atoms with Crippen molar-refractivity contribution in [2.75, 3.05) is 13.2 Å². The van der Waals surface area contributed by atoms with Crippen molar-refractivity contribution in [3.05, 3.63) is 5.92 Å². The van der Waals surface area contributed by atoms with Gasteiger partial charge in [-0.3, -0.25) is 4.79 Å². The van der Waals surface area contributed by atoms with E-state index in [9.17, 15) is 4.79 Å². The van der Waals surface area contributed by atoms with Crippen LogP contribution in [0.1, 0.15) is 13.8 Å². The normalized spacial score (nSPS) is 9.78.